The van der Waals surface area contributed by atoms with Crippen LogP contribution >= 0.6 is 0 Å². The lowest BCUT2D eigenvalue weighted by Gasteiger charge is -2.22. The Hall–Kier alpha value is -1.22. The van der Waals surface area contributed by atoms with Gasteiger partial charge in [0.1, 0.15) is 5.75 Å². The molecule has 0 bridgehead atoms. The van der Waals surface area contributed by atoms with Gasteiger partial charge in [0.25, 0.3) is 0 Å². The summed E-state index contributed by atoms with van der Waals surface area (Å²) in [4.78, 5) is 2.27. The van der Waals surface area contributed by atoms with Gasteiger partial charge in [0.2, 0.25) is 0 Å². The molecule has 0 aromatic heterocycles. The zero-order valence-electron chi connectivity index (χ0n) is 9.33. The highest BCUT2D eigenvalue weighted by molar-refractivity contribution is 5.63. The topological polar surface area (TPSA) is 35.5 Å². The van der Waals surface area contributed by atoms with E-state index in [9.17, 15) is 5.11 Å². The predicted molar refractivity (Wildman–Crippen MR) is 62.5 cm³/mol. The van der Waals surface area contributed by atoms with Crippen LogP contribution in [0.3, 0.4) is 0 Å². The first kappa shape index (κ1) is 10.3. The Morgan fingerprint density at radius 1 is 1.53 bits per heavy atom. The van der Waals surface area contributed by atoms with Crippen molar-refractivity contribution in [2.75, 3.05) is 25.5 Å². The first-order chi connectivity index (χ1) is 7.24. The third-order valence-electron chi connectivity index (χ3n) is 3.22. The lowest BCUT2D eigenvalue weighted by atomic mass is 10.1. The van der Waals surface area contributed by atoms with Gasteiger partial charge in [-0.2, -0.15) is 0 Å². The van der Waals surface area contributed by atoms with Gasteiger partial charge in [-0.05, 0) is 38.6 Å². The SMILES string of the molecule is CNCCC1Cc2c(O)cccc2N1C. The molecule has 3 heteroatoms. The summed E-state index contributed by atoms with van der Waals surface area (Å²) in [6.07, 6.45) is 2.07. The van der Waals surface area contributed by atoms with E-state index in [1.165, 1.54) is 5.69 Å². The third-order valence-corrected chi connectivity index (χ3v) is 3.22. The predicted octanol–water partition coefficient (Wildman–Crippen LogP) is 1.36. The number of hydrogen-bond acceptors (Lipinski definition) is 3. The third kappa shape index (κ3) is 1.79. The average Bonchev–Trinajstić information content (AvgIpc) is 2.55. The number of anilines is 1. The van der Waals surface area contributed by atoms with Crippen molar-refractivity contribution in [3.63, 3.8) is 0 Å². The van der Waals surface area contributed by atoms with Gasteiger partial charge in [-0.15, -0.1) is 0 Å². The summed E-state index contributed by atoms with van der Waals surface area (Å²) in [7, 11) is 4.07. The van der Waals surface area contributed by atoms with E-state index in [0.717, 1.165) is 24.9 Å². The summed E-state index contributed by atoms with van der Waals surface area (Å²) in [5.74, 6) is 0.436. The maximum absolute atomic E-state index is 9.75. The van der Waals surface area contributed by atoms with Crippen LogP contribution in [0.15, 0.2) is 18.2 Å². The maximum Gasteiger partial charge on any atom is 0.120 e. The summed E-state index contributed by atoms with van der Waals surface area (Å²) in [5.41, 5.74) is 2.28. The second-order valence-corrected chi connectivity index (χ2v) is 4.14. The number of phenols is 1. The molecule has 1 unspecified atom stereocenters. The van der Waals surface area contributed by atoms with Gasteiger partial charge < -0.3 is 15.3 Å². The number of aromatic hydroxyl groups is 1. The number of hydrogen-bond donors (Lipinski definition) is 2. The van der Waals surface area contributed by atoms with Crippen molar-refractivity contribution in [1.82, 2.24) is 5.32 Å². The molecule has 82 valence electrons. The Balaban J connectivity index is 2.18. The van der Waals surface area contributed by atoms with E-state index < -0.39 is 0 Å². The van der Waals surface area contributed by atoms with E-state index in [-0.39, 0.29) is 0 Å². The van der Waals surface area contributed by atoms with Crippen molar-refractivity contribution in [2.45, 2.75) is 18.9 Å². The molecule has 1 aliphatic rings. The molecule has 1 aromatic rings. The highest BCUT2D eigenvalue weighted by Gasteiger charge is 2.27. The molecule has 0 saturated carbocycles. The van der Waals surface area contributed by atoms with Crippen LogP contribution in [-0.2, 0) is 6.42 Å². The molecule has 0 saturated heterocycles. The second kappa shape index (κ2) is 4.11. The van der Waals surface area contributed by atoms with E-state index >= 15 is 0 Å². The van der Waals surface area contributed by atoms with E-state index in [1.807, 2.05) is 13.1 Å². The number of likely N-dealkylation sites (N-methyl/N-ethyl adjacent to an activating group) is 1. The Kier molecular flexibility index (Phi) is 2.82. The quantitative estimate of drug-likeness (QED) is 0.784. The van der Waals surface area contributed by atoms with Crippen LogP contribution in [0.4, 0.5) is 5.69 Å². The average molecular weight is 206 g/mol. The summed E-state index contributed by atoms with van der Waals surface area (Å²) >= 11 is 0. The fourth-order valence-electron chi connectivity index (χ4n) is 2.28. The van der Waals surface area contributed by atoms with Gasteiger partial charge in [0.15, 0.2) is 0 Å². The van der Waals surface area contributed by atoms with Gasteiger partial charge in [0, 0.05) is 24.3 Å². The first-order valence-electron chi connectivity index (χ1n) is 5.42. The number of fused-ring (bicyclic) bond motifs is 1. The van der Waals surface area contributed by atoms with Gasteiger partial charge >= 0.3 is 0 Å². The zero-order chi connectivity index (χ0) is 10.8. The second-order valence-electron chi connectivity index (χ2n) is 4.14. The highest BCUT2D eigenvalue weighted by Crippen LogP contribution is 2.37. The highest BCUT2D eigenvalue weighted by atomic mass is 16.3. The standard InChI is InChI=1S/C12H18N2O/c1-13-7-6-9-8-10-11(14(9)2)4-3-5-12(10)15/h3-5,9,13,15H,6-8H2,1-2H3. The number of rotatable bonds is 3. The van der Waals surface area contributed by atoms with Crippen LogP contribution in [0.1, 0.15) is 12.0 Å². The van der Waals surface area contributed by atoms with E-state index in [0.29, 0.717) is 11.8 Å². The van der Waals surface area contributed by atoms with Crippen LogP contribution < -0.4 is 10.2 Å². The minimum absolute atomic E-state index is 0.436. The summed E-state index contributed by atoms with van der Waals surface area (Å²) < 4.78 is 0. The molecule has 2 rings (SSSR count). The Bertz CT molecular complexity index is 351. The van der Waals surface area contributed by atoms with Crippen molar-refractivity contribution < 1.29 is 5.11 Å². The van der Waals surface area contributed by atoms with Crippen molar-refractivity contribution in [1.29, 1.82) is 0 Å². The van der Waals surface area contributed by atoms with Gasteiger partial charge in [-0.25, -0.2) is 0 Å². The lowest BCUT2D eigenvalue weighted by molar-refractivity contribution is 0.467. The van der Waals surface area contributed by atoms with Crippen LogP contribution in [0, 0.1) is 0 Å². The molecule has 0 spiro atoms. The normalized spacial score (nSPS) is 19.3. The molecule has 0 fully saturated rings. The Labute approximate surface area is 90.7 Å². The van der Waals surface area contributed by atoms with Gasteiger partial charge in [-0.1, -0.05) is 6.07 Å². The summed E-state index contributed by atoms with van der Waals surface area (Å²) in [6, 6.07) is 6.27. The Morgan fingerprint density at radius 2 is 2.33 bits per heavy atom. The molecule has 0 radical (unpaired) electrons. The number of nitrogens with zero attached hydrogens (tertiary/aromatic N) is 1. The minimum Gasteiger partial charge on any atom is -0.508 e. The monoisotopic (exact) mass is 206 g/mol. The molecule has 1 aromatic carbocycles. The van der Waals surface area contributed by atoms with Crippen molar-refractivity contribution in [3.05, 3.63) is 23.8 Å². The summed E-state index contributed by atoms with van der Waals surface area (Å²) in [6.45, 7) is 1.02. The van der Waals surface area contributed by atoms with E-state index in [1.54, 1.807) is 6.07 Å². The molecule has 1 atom stereocenters. The number of nitrogens with one attached hydrogen (secondary N) is 1. The lowest BCUT2D eigenvalue weighted by Crippen LogP contribution is -2.30. The molecular formula is C12H18N2O. The Morgan fingerprint density at radius 3 is 3.00 bits per heavy atom. The molecule has 0 amide bonds. The molecule has 2 N–H and O–H groups in total. The van der Waals surface area contributed by atoms with Crippen LogP contribution in [0.25, 0.3) is 0 Å². The van der Waals surface area contributed by atoms with Gasteiger partial charge in [0.05, 0.1) is 0 Å². The number of benzene rings is 1. The molecule has 15 heavy (non-hydrogen) atoms. The minimum atomic E-state index is 0.436. The molecule has 0 aliphatic carbocycles. The van der Waals surface area contributed by atoms with Crippen molar-refractivity contribution in [3.8, 4) is 5.75 Å². The van der Waals surface area contributed by atoms with E-state index in [4.69, 9.17) is 0 Å². The van der Waals surface area contributed by atoms with Crippen molar-refractivity contribution >= 4 is 5.69 Å². The molecule has 3 nitrogen and oxygen atoms in total. The number of phenolic OH excluding ortho intramolecular Hbond substituents is 1. The molecular weight excluding hydrogens is 188 g/mol. The van der Waals surface area contributed by atoms with E-state index in [2.05, 4.69) is 23.3 Å². The van der Waals surface area contributed by atoms with Crippen molar-refractivity contribution in [2.24, 2.45) is 0 Å². The fraction of sp³-hybridized carbons (Fsp3) is 0.500. The fourth-order valence-corrected chi connectivity index (χ4v) is 2.28. The zero-order valence-corrected chi connectivity index (χ0v) is 9.33. The van der Waals surface area contributed by atoms with Crippen LogP contribution in [0.2, 0.25) is 0 Å². The molecule has 1 aliphatic heterocycles. The van der Waals surface area contributed by atoms with Crippen LogP contribution in [0.5, 0.6) is 5.75 Å². The van der Waals surface area contributed by atoms with Gasteiger partial charge in [-0.3, -0.25) is 0 Å². The summed E-state index contributed by atoms with van der Waals surface area (Å²) in [5, 5.41) is 12.9. The molecule has 1 heterocycles. The maximum atomic E-state index is 9.75. The first-order valence-corrected chi connectivity index (χ1v) is 5.42. The van der Waals surface area contributed by atoms with Crippen LogP contribution in [-0.4, -0.2) is 31.8 Å². The smallest absolute Gasteiger partial charge is 0.120 e. The largest absolute Gasteiger partial charge is 0.508 e.